The molecule has 0 atom stereocenters. The van der Waals surface area contributed by atoms with Gasteiger partial charge in [-0.05, 0) is 30.3 Å². The van der Waals surface area contributed by atoms with Crippen LogP contribution in [0.3, 0.4) is 0 Å². The monoisotopic (exact) mass is 332 g/mol. The van der Waals surface area contributed by atoms with E-state index in [1.807, 2.05) is 0 Å². The standard InChI is InChI=1S/C14H9Cl2F3N2/c15-11-5-4-9(13(16)7-11)8-20-21-12-3-1-2-10(6-12)14(17,18)19/h1-8,21H. The highest BCUT2D eigenvalue weighted by Crippen LogP contribution is 2.30. The van der Waals surface area contributed by atoms with E-state index in [9.17, 15) is 13.2 Å². The summed E-state index contributed by atoms with van der Waals surface area (Å²) in [5, 5.41) is 4.74. The number of benzene rings is 2. The Hall–Kier alpha value is -1.72. The maximum absolute atomic E-state index is 12.5. The van der Waals surface area contributed by atoms with E-state index in [-0.39, 0.29) is 5.69 Å². The third-order valence-corrected chi connectivity index (χ3v) is 3.11. The number of nitrogens with zero attached hydrogens (tertiary/aromatic N) is 1. The summed E-state index contributed by atoms with van der Waals surface area (Å²) in [4.78, 5) is 0. The van der Waals surface area contributed by atoms with Crippen LogP contribution in [0.25, 0.3) is 0 Å². The minimum Gasteiger partial charge on any atom is -0.278 e. The van der Waals surface area contributed by atoms with Crippen LogP contribution >= 0.6 is 23.2 Å². The Balaban J connectivity index is 2.11. The van der Waals surface area contributed by atoms with E-state index in [4.69, 9.17) is 23.2 Å². The topological polar surface area (TPSA) is 24.4 Å². The minimum atomic E-state index is -4.39. The summed E-state index contributed by atoms with van der Waals surface area (Å²) in [6.45, 7) is 0. The molecule has 0 saturated heterocycles. The molecule has 0 aliphatic carbocycles. The molecule has 0 bridgehead atoms. The van der Waals surface area contributed by atoms with Gasteiger partial charge in [0.2, 0.25) is 0 Å². The van der Waals surface area contributed by atoms with Crippen molar-refractivity contribution < 1.29 is 13.2 Å². The Labute approximate surface area is 129 Å². The van der Waals surface area contributed by atoms with E-state index in [1.54, 1.807) is 18.2 Å². The van der Waals surface area contributed by atoms with Crippen LogP contribution in [0, 0.1) is 0 Å². The molecule has 7 heteroatoms. The van der Waals surface area contributed by atoms with Crippen LogP contribution in [0.1, 0.15) is 11.1 Å². The summed E-state index contributed by atoms with van der Waals surface area (Å²) in [5.74, 6) is 0. The maximum atomic E-state index is 12.5. The molecule has 0 heterocycles. The molecular weight excluding hydrogens is 324 g/mol. The zero-order chi connectivity index (χ0) is 15.5. The molecule has 21 heavy (non-hydrogen) atoms. The third-order valence-electron chi connectivity index (χ3n) is 2.55. The van der Waals surface area contributed by atoms with E-state index >= 15 is 0 Å². The van der Waals surface area contributed by atoms with Gasteiger partial charge in [-0.25, -0.2) is 0 Å². The van der Waals surface area contributed by atoms with Crippen molar-refractivity contribution in [2.45, 2.75) is 6.18 Å². The van der Waals surface area contributed by atoms with Gasteiger partial charge in [0, 0.05) is 10.6 Å². The third kappa shape index (κ3) is 4.37. The van der Waals surface area contributed by atoms with Crippen molar-refractivity contribution >= 4 is 35.1 Å². The molecule has 110 valence electrons. The van der Waals surface area contributed by atoms with E-state index in [0.717, 1.165) is 12.1 Å². The highest BCUT2D eigenvalue weighted by molar-refractivity contribution is 6.36. The van der Waals surface area contributed by atoms with Gasteiger partial charge in [0.15, 0.2) is 0 Å². The van der Waals surface area contributed by atoms with Gasteiger partial charge in [-0.1, -0.05) is 35.3 Å². The Morgan fingerprint density at radius 3 is 2.48 bits per heavy atom. The predicted molar refractivity (Wildman–Crippen MR) is 79.1 cm³/mol. The largest absolute Gasteiger partial charge is 0.416 e. The molecule has 0 saturated carbocycles. The Morgan fingerprint density at radius 1 is 1.05 bits per heavy atom. The minimum absolute atomic E-state index is 0.228. The molecule has 2 nitrogen and oxygen atoms in total. The highest BCUT2D eigenvalue weighted by atomic mass is 35.5. The molecule has 0 amide bonds. The quantitative estimate of drug-likeness (QED) is 0.585. The fraction of sp³-hybridized carbons (Fsp3) is 0.0714. The van der Waals surface area contributed by atoms with Gasteiger partial charge in [0.25, 0.3) is 0 Å². The SMILES string of the molecule is FC(F)(F)c1cccc(NN=Cc2ccc(Cl)cc2Cl)c1. The number of hydrogen-bond acceptors (Lipinski definition) is 2. The fourth-order valence-electron chi connectivity index (χ4n) is 1.55. The molecule has 0 fully saturated rings. The second kappa shape index (κ2) is 6.37. The molecule has 2 aromatic carbocycles. The van der Waals surface area contributed by atoms with Gasteiger partial charge < -0.3 is 0 Å². The average Bonchev–Trinajstić information content (AvgIpc) is 2.41. The van der Waals surface area contributed by atoms with Crippen LogP contribution in [0.5, 0.6) is 0 Å². The molecule has 0 aliphatic heterocycles. The van der Waals surface area contributed by atoms with E-state index in [1.165, 1.54) is 18.3 Å². The first kappa shape index (κ1) is 15.7. The van der Waals surface area contributed by atoms with Crippen molar-refractivity contribution in [3.8, 4) is 0 Å². The number of anilines is 1. The van der Waals surface area contributed by atoms with Crippen LogP contribution in [0.2, 0.25) is 10.0 Å². The number of halogens is 5. The molecule has 0 unspecified atom stereocenters. The summed E-state index contributed by atoms with van der Waals surface area (Å²) in [6, 6.07) is 9.59. The first-order chi connectivity index (χ1) is 9.86. The number of rotatable bonds is 3. The number of hydrazone groups is 1. The van der Waals surface area contributed by atoms with Gasteiger partial charge in [-0.15, -0.1) is 0 Å². The molecule has 2 rings (SSSR count). The molecule has 0 aliphatic rings. The van der Waals surface area contributed by atoms with Gasteiger partial charge in [-0.3, -0.25) is 5.43 Å². The molecule has 1 N–H and O–H groups in total. The van der Waals surface area contributed by atoms with Crippen LogP contribution in [0.15, 0.2) is 47.6 Å². The van der Waals surface area contributed by atoms with Crippen molar-refractivity contribution in [3.63, 3.8) is 0 Å². The van der Waals surface area contributed by atoms with Crippen LogP contribution in [-0.4, -0.2) is 6.21 Å². The lowest BCUT2D eigenvalue weighted by molar-refractivity contribution is -0.137. The fourth-order valence-corrected chi connectivity index (χ4v) is 2.00. The second-order valence-corrected chi connectivity index (χ2v) is 4.96. The summed E-state index contributed by atoms with van der Waals surface area (Å²) in [6.07, 6.45) is -2.99. The summed E-state index contributed by atoms with van der Waals surface area (Å²) in [7, 11) is 0. The van der Waals surface area contributed by atoms with E-state index < -0.39 is 11.7 Å². The van der Waals surface area contributed by atoms with Crippen molar-refractivity contribution in [2.24, 2.45) is 5.10 Å². The van der Waals surface area contributed by atoms with Crippen molar-refractivity contribution in [1.82, 2.24) is 0 Å². The Bertz CT molecular complexity index is 670. The predicted octanol–water partition coefficient (Wildman–Crippen LogP) is 5.46. The molecule has 0 aromatic heterocycles. The van der Waals surface area contributed by atoms with E-state index in [0.29, 0.717) is 15.6 Å². The average molecular weight is 333 g/mol. The second-order valence-electron chi connectivity index (χ2n) is 4.11. The molecule has 0 radical (unpaired) electrons. The number of alkyl halides is 3. The number of nitrogens with one attached hydrogen (secondary N) is 1. The van der Waals surface area contributed by atoms with Crippen molar-refractivity contribution in [2.75, 3.05) is 5.43 Å². The molecule has 0 spiro atoms. The van der Waals surface area contributed by atoms with Crippen LogP contribution in [-0.2, 0) is 6.18 Å². The van der Waals surface area contributed by atoms with Gasteiger partial charge in [0.1, 0.15) is 0 Å². The first-order valence-corrected chi connectivity index (χ1v) is 6.53. The smallest absolute Gasteiger partial charge is 0.278 e. The summed E-state index contributed by atoms with van der Waals surface area (Å²) in [5.41, 5.74) is 2.61. The van der Waals surface area contributed by atoms with E-state index in [2.05, 4.69) is 10.5 Å². The van der Waals surface area contributed by atoms with Gasteiger partial charge in [-0.2, -0.15) is 18.3 Å². The lowest BCUT2D eigenvalue weighted by Crippen LogP contribution is -2.05. The first-order valence-electron chi connectivity index (χ1n) is 5.77. The summed E-state index contributed by atoms with van der Waals surface area (Å²) >= 11 is 11.7. The highest BCUT2D eigenvalue weighted by Gasteiger charge is 2.30. The normalized spacial score (nSPS) is 11.9. The van der Waals surface area contributed by atoms with Crippen molar-refractivity contribution in [1.29, 1.82) is 0 Å². The lowest BCUT2D eigenvalue weighted by Gasteiger charge is -2.08. The Morgan fingerprint density at radius 2 is 1.81 bits per heavy atom. The lowest BCUT2D eigenvalue weighted by atomic mass is 10.2. The van der Waals surface area contributed by atoms with Crippen molar-refractivity contribution in [3.05, 3.63) is 63.6 Å². The van der Waals surface area contributed by atoms with Gasteiger partial charge >= 0.3 is 6.18 Å². The molecular formula is C14H9Cl2F3N2. The van der Waals surface area contributed by atoms with Crippen LogP contribution in [0.4, 0.5) is 18.9 Å². The Kier molecular flexibility index (Phi) is 4.75. The molecule has 2 aromatic rings. The van der Waals surface area contributed by atoms with Gasteiger partial charge in [0.05, 0.1) is 22.5 Å². The zero-order valence-corrected chi connectivity index (χ0v) is 12.0. The zero-order valence-electron chi connectivity index (χ0n) is 10.5. The summed E-state index contributed by atoms with van der Waals surface area (Å²) < 4.78 is 37.6. The number of hydrogen-bond donors (Lipinski definition) is 1. The van der Waals surface area contributed by atoms with Crippen LogP contribution < -0.4 is 5.43 Å². The maximum Gasteiger partial charge on any atom is 0.416 e.